The summed E-state index contributed by atoms with van der Waals surface area (Å²) in [6.45, 7) is 11.5. The van der Waals surface area contributed by atoms with Gasteiger partial charge < -0.3 is 0 Å². The Hall–Kier alpha value is -1.37. The van der Waals surface area contributed by atoms with E-state index in [0.717, 1.165) is 18.5 Å². The molecule has 0 fully saturated rings. The SMILES string of the molecule is CCC1=CC(C)(C)CC(=Nc2ccccc2)C1(C)C. The van der Waals surface area contributed by atoms with Gasteiger partial charge in [0.1, 0.15) is 0 Å². The van der Waals surface area contributed by atoms with Gasteiger partial charge in [-0.3, -0.25) is 4.99 Å². The van der Waals surface area contributed by atoms with Crippen molar-refractivity contribution in [3.05, 3.63) is 42.0 Å². The third-order valence-electron chi connectivity index (χ3n) is 4.11. The Balaban J connectivity index is 2.46. The maximum atomic E-state index is 4.94. The van der Waals surface area contributed by atoms with Crippen molar-refractivity contribution in [2.45, 2.75) is 47.5 Å². The molecule has 0 bridgehead atoms. The summed E-state index contributed by atoms with van der Waals surface area (Å²) < 4.78 is 0. The lowest BCUT2D eigenvalue weighted by Gasteiger charge is -2.40. The van der Waals surface area contributed by atoms with Crippen molar-refractivity contribution in [1.29, 1.82) is 0 Å². The van der Waals surface area contributed by atoms with Crippen LogP contribution in [0.1, 0.15) is 47.5 Å². The van der Waals surface area contributed by atoms with E-state index in [1.807, 2.05) is 6.07 Å². The monoisotopic (exact) mass is 255 g/mol. The second kappa shape index (κ2) is 4.96. The third-order valence-corrected chi connectivity index (χ3v) is 4.11. The number of aliphatic imine (C=N–C) groups is 1. The highest BCUT2D eigenvalue weighted by atomic mass is 14.8. The molecule has 0 aliphatic heterocycles. The van der Waals surface area contributed by atoms with Crippen LogP contribution in [0.2, 0.25) is 0 Å². The number of allylic oxidation sites excluding steroid dienone is 2. The second-order valence-corrected chi connectivity index (χ2v) is 6.71. The van der Waals surface area contributed by atoms with Crippen LogP contribution in [0.25, 0.3) is 0 Å². The number of hydrogen-bond acceptors (Lipinski definition) is 1. The summed E-state index contributed by atoms with van der Waals surface area (Å²) in [5.41, 5.74) is 4.19. The Morgan fingerprint density at radius 3 is 2.26 bits per heavy atom. The van der Waals surface area contributed by atoms with Crippen molar-refractivity contribution in [3.8, 4) is 0 Å². The third kappa shape index (κ3) is 2.97. The minimum absolute atomic E-state index is 0.0834. The molecule has 0 atom stereocenters. The molecule has 0 amide bonds. The van der Waals surface area contributed by atoms with Crippen LogP contribution in [-0.2, 0) is 0 Å². The van der Waals surface area contributed by atoms with Crippen molar-refractivity contribution < 1.29 is 0 Å². The minimum atomic E-state index is 0.0834. The summed E-state index contributed by atoms with van der Waals surface area (Å²) in [5, 5.41) is 0. The number of hydrogen-bond donors (Lipinski definition) is 0. The zero-order valence-electron chi connectivity index (χ0n) is 12.8. The van der Waals surface area contributed by atoms with E-state index < -0.39 is 0 Å². The molecule has 0 saturated carbocycles. The summed E-state index contributed by atoms with van der Waals surface area (Å²) in [4.78, 5) is 4.94. The van der Waals surface area contributed by atoms with Crippen LogP contribution in [0.5, 0.6) is 0 Å². The molecule has 1 nitrogen and oxygen atoms in total. The van der Waals surface area contributed by atoms with E-state index in [4.69, 9.17) is 4.99 Å². The first-order valence-corrected chi connectivity index (χ1v) is 7.20. The summed E-state index contributed by atoms with van der Waals surface area (Å²) >= 11 is 0. The first kappa shape index (κ1) is 14.0. The Kier molecular flexibility index (Phi) is 3.66. The van der Waals surface area contributed by atoms with Crippen molar-refractivity contribution >= 4 is 11.4 Å². The van der Waals surface area contributed by atoms with Crippen LogP contribution < -0.4 is 0 Å². The van der Waals surface area contributed by atoms with E-state index in [1.54, 1.807) is 0 Å². The fraction of sp³-hybridized carbons (Fsp3) is 0.500. The van der Waals surface area contributed by atoms with Gasteiger partial charge in [0.15, 0.2) is 0 Å². The molecule has 0 N–H and O–H groups in total. The molecule has 0 saturated heterocycles. The standard InChI is InChI=1S/C18H25N/c1-6-14-12-17(2,3)13-16(18(14,4)5)19-15-10-8-7-9-11-15/h7-12H,6,13H2,1-5H3. The number of para-hydroxylation sites is 1. The zero-order valence-corrected chi connectivity index (χ0v) is 12.8. The van der Waals surface area contributed by atoms with Crippen LogP contribution in [0.3, 0.4) is 0 Å². The lowest BCUT2D eigenvalue weighted by molar-refractivity contribution is 0.430. The molecule has 0 spiro atoms. The smallest absolute Gasteiger partial charge is 0.0629 e. The van der Waals surface area contributed by atoms with Gasteiger partial charge in [0, 0.05) is 11.1 Å². The number of rotatable bonds is 2. The molecule has 1 heteroatoms. The van der Waals surface area contributed by atoms with Gasteiger partial charge >= 0.3 is 0 Å². The molecule has 1 aliphatic rings. The fourth-order valence-electron chi connectivity index (χ4n) is 2.92. The molecule has 1 aromatic rings. The van der Waals surface area contributed by atoms with Crippen LogP contribution >= 0.6 is 0 Å². The largest absolute Gasteiger partial charge is 0.257 e. The van der Waals surface area contributed by atoms with E-state index in [-0.39, 0.29) is 10.8 Å². The summed E-state index contributed by atoms with van der Waals surface area (Å²) in [6, 6.07) is 10.3. The average molecular weight is 255 g/mol. The minimum Gasteiger partial charge on any atom is -0.257 e. The van der Waals surface area contributed by atoms with E-state index >= 15 is 0 Å². The van der Waals surface area contributed by atoms with Crippen molar-refractivity contribution in [2.75, 3.05) is 0 Å². The van der Waals surface area contributed by atoms with Gasteiger partial charge in [-0.15, -0.1) is 0 Å². The number of benzene rings is 1. The van der Waals surface area contributed by atoms with Crippen LogP contribution in [0, 0.1) is 10.8 Å². The maximum Gasteiger partial charge on any atom is 0.0629 e. The van der Waals surface area contributed by atoms with Gasteiger partial charge in [-0.25, -0.2) is 0 Å². The first-order chi connectivity index (χ1) is 8.85. The highest BCUT2D eigenvalue weighted by Gasteiger charge is 2.37. The van der Waals surface area contributed by atoms with Crippen LogP contribution in [0.4, 0.5) is 5.69 Å². The van der Waals surface area contributed by atoms with E-state index in [1.165, 1.54) is 11.3 Å². The average Bonchev–Trinajstić information content (AvgIpc) is 2.35. The molecule has 0 aromatic heterocycles. The Morgan fingerprint density at radius 2 is 1.68 bits per heavy atom. The molecule has 0 radical (unpaired) electrons. The van der Waals surface area contributed by atoms with E-state index in [2.05, 4.69) is 65.0 Å². The lowest BCUT2D eigenvalue weighted by Crippen LogP contribution is -2.35. The maximum absolute atomic E-state index is 4.94. The van der Waals surface area contributed by atoms with Crippen molar-refractivity contribution in [2.24, 2.45) is 15.8 Å². The van der Waals surface area contributed by atoms with Crippen LogP contribution in [0.15, 0.2) is 47.0 Å². The lowest BCUT2D eigenvalue weighted by atomic mass is 9.65. The summed E-state index contributed by atoms with van der Waals surface area (Å²) in [7, 11) is 0. The molecular weight excluding hydrogens is 230 g/mol. The summed E-state index contributed by atoms with van der Waals surface area (Å²) in [6.07, 6.45) is 4.60. The molecular formula is C18H25N. The molecule has 1 aromatic carbocycles. The van der Waals surface area contributed by atoms with E-state index in [0.29, 0.717) is 0 Å². The predicted molar refractivity (Wildman–Crippen MR) is 84.1 cm³/mol. The summed E-state index contributed by atoms with van der Waals surface area (Å²) in [5.74, 6) is 0. The number of nitrogens with zero attached hydrogens (tertiary/aromatic N) is 1. The van der Waals surface area contributed by atoms with Gasteiger partial charge in [-0.2, -0.15) is 0 Å². The quantitative estimate of drug-likeness (QED) is 0.614. The highest BCUT2D eigenvalue weighted by molar-refractivity contribution is 5.95. The van der Waals surface area contributed by atoms with Crippen molar-refractivity contribution in [1.82, 2.24) is 0 Å². The van der Waals surface area contributed by atoms with E-state index in [9.17, 15) is 0 Å². The zero-order chi connectivity index (χ0) is 14.1. The molecule has 102 valence electrons. The van der Waals surface area contributed by atoms with Gasteiger partial charge in [0.2, 0.25) is 0 Å². The Morgan fingerprint density at radius 1 is 1.05 bits per heavy atom. The molecule has 0 unspecified atom stereocenters. The Labute approximate surface area is 117 Å². The topological polar surface area (TPSA) is 12.4 Å². The van der Waals surface area contributed by atoms with Crippen LogP contribution in [-0.4, -0.2) is 5.71 Å². The normalized spacial score (nSPS) is 23.2. The van der Waals surface area contributed by atoms with Gasteiger partial charge in [-0.05, 0) is 30.4 Å². The second-order valence-electron chi connectivity index (χ2n) is 6.71. The molecule has 2 rings (SSSR count). The first-order valence-electron chi connectivity index (χ1n) is 7.20. The molecule has 0 heterocycles. The highest BCUT2D eigenvalue weighted by Crippen LogP contribution is 2.44. The van der Waals surface area contributed by atoms with Crippen molar-refractivity contribution in [3.63, 3.8) is 0 Å². The fourth-order valence-corrected chi connectivity index (χ4v) is 2.92. The van der Waals surface area contributed by atoms with Gasteiger partial charge in [0.05, 0.1) is 5.69 Å². The van der Waals surface area contributed by atoms with Gasteiger partial charge in [0.25, 0.3) is 0 Å². The molecule has 19 heavy (non-hydrogen) atoms. The van der Waals surface area contributed by atoms with Gasteiger partial charge in [-0.1, -0.05) is 64.5 Å². The Bertz CT molecular complexity index is 504. The predicted octanol–water partition coefficient (Wildman–Crippen LogP) is 5.55. The molecule has 1 aliphatic carbocycles.